The Morgan fingerprint density at radius 3 is 1.35 bits per heavy atom. The summed E-state index contributed by atoms with van der Waals surface area (Å²) in [5.74, 6) is 2.72. The fraction of sp³-hybridized carbons (Fsp3) is 0.369. The molecular formula is C65H78N10O4. The number of ether oxygens (including phenoxy) is 3. The van der Waals surface area contributed by atoms with E-state index >= 15 is 0 Å². The number of nitrogens with one attached hydrogen (secondary N) is 1. The van der Waals surface area contributed by atoms with E-state index in [0.29, 0.717) is 30.9 Å². The van der Waals surface area contributed by atoms with Gasteiger partial charge in [0.15, 0.2) is 0 Å². The smallest absolute Gasteiger partial charge is 0.407 e. The highest BCUT2D eigenvalue weighted by molar-refractivity contribution is 5.78. The summed E-state index contributed by atoms with van der Waals surface area (Å²) in [7, 11) is 0. The van der Waals surface area contributed by atoms with Gasteiger partial charge < -0.3 is 44.2 Å². The van der Waals surface area contributed by atoms with E-state index in [-0.39, 0.29) is 12.1 Å². The maximum absolute atomic E-state index is 12.0. The second kappa shape index (κ2) is 25.4. The first-order valence-electron chi connectivity index (χ1n) is 27.9. The molecule has 0 bridgehead atoms. The van der Waals surface area contributed by atoms with Crippen molar-refractivity contribution in [2.24, 2.45) is 5.73 Å². The molecule has 10 rings (SSSR count). The van der Waals surface area contributed by atoms with Gasteiger partial charge in [-0.3, -0.25) is 0 Å². The molecule has 3 N–H and O–H groups in total. The summed E-state index contributed by atoms with van der Waals surface area (Å²) in [6.45, 7) is 25.1. The number of likely N-dealkylation sites (tertiary alicyclic amines) is 2. The lowest BCUT2D eigenvalue weighted by Crippen LogP contribution is -2.41. The fourth-order valence-corrected chi connectivity index (χ4v) is 10.7. The zero-order valence-electron chi connectivity index (χ0n) is 47.6. The van der Waals surface area contributed by atoms with Gasteiger partial charge in [-0.15, -0.1) is 0 Å². The predicted molar refractivity (Wildman–Crippen MR) is 316 cm³/mol. The lowest BCUT2D eigenvalue weighted by atomic mass is 10.0. The van der Waals surface area contributed by atoms with Crippen molar-refractivity contribution in [3.05, 3.63) is 167 Å². The van der Waals surface area contributed by atoms with Crippen LogP contribution in [0.1, 0.15) is 91.9 Å². The van der Waals surface area contributed by atoms with E-state index in [0.717, 1.165) is 133 Å². The number of carbonyl (C=O) groups excluding carboxylic acids is 1. The molecule has 4 aromatic heterocycles. The van der Waals surface area contributed by atoms with Gasteiger partial charge in [0.2, 0.25) is 11.8 Å². The third kappa shape index (κ3) is 14.9. The van der Waals surface area contributed by atoms with Crippen LogP contribution in [0.3, 0.4) is 0 Å². The molecule has 0 spiro atoms. The quantitative estimate of drug-likeness (QED) is 0.101. The number of alkyl carbamates (subject to hydrolysis) is 1. The third-order valence-electron chi connectivity index (χ3n) is 14.4. The van der Waals surface area contributed by atoms with Gasteiger partial charge in [0, 0.05) is 87.7 Å². The SMILES string of the molecule is Cc1ccc(-c2ncn(C3CCN(CCN)CC3)c2-c2cccc(Oc3cc(C)cc(C)c3)n2)cc1.Cc1ccc(-c2ncn(C3CCN(CCNC(=O)OC(C)(C)C)CC3)c2-c2cccc(Oc3cc(C)cc(C)c3)n2)cc1. The number of imidazole rings is 2. The number of hydrogen-bond acceptors (Lipinski definition) is 11. The normalized spacial score (nSPS) is 14.6. The van der Waals surface area contributed by atoms with E-state index in [1.54, 1.807) is 0 Å². The summed E-state index contributed by atoms with van der Waals surface area (Å²) in [5.41, 5.74) is 20.1. The van der Waals surface area contributed by atoms with Gasteiger partial charge in [-0.1, -0.05) is 83.9 Å². The minimum absolute atomic E-state index is 0.280. The van der Waals surface area contributed by atoms with Crippen molar-refractivity contribution < 1.29 is 19.0 Å². The first kappa shape index (κ1) is 56.1. The Labute approximate surface area is 467 Å². The van der Waals surface area contributed by atoms with Gasteiger partial charge in [0.1, 0.15) is 17.1 Å². The highest BCUT2D eigenvalue weighted by Gasteiger charge is 2.28. The Bertz CT molecular complexity index is 3270. The van der Waals surface area contributed by atoms with Crippen LogP contribution in [0.5, 0.6) is 23.3 Å². The van der Waals surface area contributed by atoms with E-state index in [1.165, 1.54) is 22.3 Å². The van der Waals surface area contributed by atoms with Crippen molar-refractivity contribution in [1.82, 2.24) is 44.2 Å². The molecule has 0 radical (unpaired) electrons. The van der Waals surface area contributed by atoms with Crippen molar-refractivity contribution >= 4 is 6.09 Å². The summed E-state index contributed by atoms with van der Waals surface area (Å²) >= 11 is 0. The Hall–Kier alpha value is -7.65. The number of aryl methyl sites for hydroxylation is 6. The molecule has 2 aliphatic rings. The van der Waals surface area contributed by atoms with Crippen molar-refractivity contribution in [2.75, 3.05) is 52.4 Å². The summed E-state index contributed by atoms with van der Waals surface area (Å²) in [6, 6.07) is 42.0. The van der Waals surface area contributed by atoms with Gasteiger partial charge in [0.25, 0.3) is 0 Å². The van der Waals surface area contributed by atoms with Gasteiger partial charge in [-0.05, 0) is 147 Å². The summed E-state index contributed by atoms with van der Waals surface area (Å²) in [6.07, 6.45) is 7.67. The van der Waals surface area contributed by atoms with E-state index in [1.807, 2.05) is 88.0 Å². The summed E-state index contributed by atoms with van der Waals surface area (Å²) in [4.78, 5) is 36.6. The van der Waals surface area contributed by atoms with Crippen LogP contribution in [-0.2, 0) is 4.74 Å². The van der Waals surface area contributed by atoms with Crippen LogP contribution in [-0.4, -0.2) is 103 Å². The minimum Gasteiger partial charge on any atom is -0.444 e. The molecule has 1 amide bonds. The molecule has 2 fully saturated rings. The number of carbonyl (C=O) groups is 1. The predicted octanol–water partition coefficient (Wildman–Crippen LogP) is 13.4. The number of nitrogens with zero attached hydrogens (tertiary/aromatic N) is 8. The van der Waals surface area contributed by atoms with Gasteiger partial charge in [-0.2, -0.15) is 0 Å². The Morgan fingerprint density at radius 1 is 0.557 bits per heavy atom. The highest BCUT2D eigenvalue weighted by Crippen LogP contribution is 2.39. The Balaban J connectivity index is 0.000000195. The summed E-state index contributed by atoms with van der Waals surface area (Å²) in [5, 5.41) is 2.88. The van der Waals surface area contributed by atoms with Crippen LogP contribution in [0.15, 0.2) is 134 Å². The first-order chi connectivity index (χ1) is 38.0. The van der Waals surface area contributed by atoms with Crippen LogP contribution in [0.2, 0.25) is 0 Å². The van der Waals surface area contributed by atoms with E-state index in [9.17, 15) is 4.79 Å². The Kier molecular flexibility index (Phi) is 18.1. The first-order valence-corrected chi connectivity index (χ1v) is 27.9. The van der Waals surface area contributed by atoms with Crippen molar-refractivity contribution in [3.63, 3.8) is 0 Å². The largest absolute Gasteiger partial charge is 0.444 e. The molecule has 14 nitrogen and oxygen atoms in total. The molecule has 0 unspecified atom stereocenters. The van der Waals surface area contributed by atoms with Crippen molar-refractivity contribution in [2.45, 2.75) is 106 Å². The van der Waals surface area contributed by atoms with Crippen LogP contribution in [0.4, 0.5) is 4.79 Å². The number of nitrogens with two attached hydrogens (primary N) is 1. The number of benzene rings is 4. The van der Waals surface area contributed by atoms with Gasteiger partial charge >= 0.3 is 6.09 Å². The van der Waals surface area contributed by atoms with E-state index in [4.69, 9.17) is 39.9 Å². The summed E-state index contributed by atoms with van der Waals surface area (Å²) < 4.78 is 22.4. The number of aromatic nitrogens is 6. The molecule has 4 aromatic carbocycles. The lowest BCUT2D eigenvalue weighted by Gasteiger charge is -2.33. The zero-order chi connectivity index (χ0) is 55.6. The number of amides is 1. The second-order valence-corrected chi connectivity index (χ2v) is 22.4. The average Bonchev–Trinajstić information content (AvgIpc) is 4.31. The van der Waals surface area contributed by atoms with Crippen LogP contribution < -0.4 is 20.5 Å². The average molecular weight is 1060 g/mol. The molecule has 0 atom stereocenters. The standard InChI is InChI=1S/C35H43N5O3.C30H35N5O/c1-24-10-12-27(13-11-24)32-33(30-8-7-9-31(38-30)42-29-21-25(2)20-26(3)22-29)40(23-37-32)28-14-17-39(18-15-28)19-16-36-34(41)43-35(4,5)6;1-21-7-9-24(10-8-21)29-30(35(20-32-29)25-11-14-34(15-12-25)16-13-31)27-5-4-6-28(33-27)36-26-18-22(2)17-23(3)19-26/h7-13,20-23,28H,14-19H2,1-6H3,(H,36,41);4-10,17-20,25H,11-16,31H2,1-3H3. The molecule has 6 heterocycles. The topological polar surface area (TPSA) is 151 Å². The molecule has 2 saturated heterocycles. The molecule has 412 valence electrons. The monoisotopic (exact) mass is 1060 g/mol. The van der Waals surface area contributed by atoms with Gasteiger partial charge in [0.05, 0.1) is 46.8 Å². The molecule has 8 aromatic rings. The Morgan fingerprint density at radius 2 is 0.962 bits per heavy atom. The highest BCUT2D eigenvalue weighted by atomic mass is 16.6. The van der Waals surface area contributed by atoms with Gasteiger partial charge in [-0.25, -0.2) is 24.7 Å². The third-order valence-corrected chi connectivity index (χ3v) is 14.4. The zero-order valence-corrected chi connectivity index (χ0v) is 47.6. The maximum Gasteiger partial charge on any atom is 0.407 e. The van der Waals surface area contributed by atoms with E-state index in [2.05, 4.69) is 133 Å². The minimum atomic E-state index is -0.498. The molecule has 0 aliphatic carbocycles. The maximum atomic E-state index is 12.0. The molecule has 2 aliphatic heterocycles. The second-order valence-electron chi connectivity index (χ2n) is 22.4. The molecule has 0 saturated carbocycles. The number of pyridine rings is 2. The molecular weight excluding hydrogens is 985 g/mol. The number of rotatable bonds is 15. The van der Waals surface area contributed by atoms with Crippen LogP contribution in [0, 0.1) is 41.5 Å². The number of piperidine rings is 2. The van der Waals surface area contributed by atoms with E-state index < -0.39 is 5.60 Å². The van der Waals surface area contributed by atoms with Crippen molar-refractivity contribution in [3.8, 4) is 68.5 Å². The fourth-order valence-electron chi connectivity index (χ4n) is 10.7. The van der Waals surface area contributed by atoms with Crippen LogP contribution >= 0.6 is 0 Å². The number of hydrogen-bond donors (Lipinski definition) is 2. The lowest BCUT2D eigenvalue weighted by molar-refractivity contribution is 0.0519. The van der Waals surface area contributed by atoms with Crippen molar-refractivity contribution in [1.29, 1.82) is 0 Å². The molecule has 14 heteroatoms. The molecule has 79 heavy (non-hydrogen) atoms. The van der Waals surface area contributed by atoms with Crippen LogP contribution in [0.25, 0.3) is 45.3 Å².